The Morgan fingerprint density at radius 2 is 1.85 bits per heavy atom. The van der Waals surface area contributed by atoms with Crippen LogP contribution in [0.3, 0.4) is 0 Å². The van der Waals surface area contributed by atoms with Crippen molar-refractivity contribution in [3.05, 3.63) is 74.4 Å². The number of piperidine rings is 1. The van der Waals surface area contributed by atoms with Crippen LogP contribution in [0.4, 0.5) is 5.69 Å². The Morgan fingerprint density at radius 1 is 1.18 bits per heavy atom. The van der Waals surface area contributed by atoms with Crippen LogP contribution < -0.4 is 11.2 Å². The molecule has 6 nitrogen and oxygen atoms in total. The number of nitrogens with two attached hydrogens (primary N) is 1. The summed E-state index contributed by atoms with van der Waals surface area (Å²) in [6.45, 7) is 2.84. The maximum Gasteiger partial charge on any atom is 0.281 e. The zero-order valence-electron chi connectivity index (χ0n) is 18.2. The quantitative estimate of drug-likeness (QED) is 0.203. The molecule has 2 aromatic rings. The molecule has 0 spiro atoms. The number of ether oxygens (including phenoxy) is 1. The maximum absolute atomic E-state index is 13.0. The highest BCUT2D eigenvalue weighted by Crippen LogP contribution is 2.30. The monoisotopic (exact) mass is 526 g/mol. The third kappa shape index (κ3) is 6.66. The van der Waals surface area contributed by atoms with Crippen LogP contribution in [0.5, 0.6) is 0 Å². The molecule has 0 radical (unpaired) electrons. The molecule has 3 N–H and O–H groups in total. The molecule has 1 heterocycles. The van der Waals surface area contributed by atoms with E-state index in [1.54, 1.807) is 61.5 Å². The Labute approximate surface area is 214 Å². The Kier molecular flexibility index (Phi) is 8.72. The number of rotatable bonds is 6. The van der Waals surface area contributed by atoms with E-state index in [0.29, 0.717) is 45.1 Å². The van der Waals surface area contributed by atoms with E-state index in [0.717, 1.165) is 18.4 Å². The number of benzene rings is 2. The number of allylic oxidation sites excluding steroid dienone is 1. The number of hydrogen-bond acceptors (Lipinski definition) is 6. The molecular formula is C23H25Cl3N4O2S. The predicted molar refractivity (Wildman–Crippen MR) is 139 cm³/mol. The van der Waals surface area contributed by atoms with E-state index in [1.807, 2.05) is 0 Å². The van der Waals surface area contributed by atoms with Gasteiger partial charge in [0.05, 0.1) is 23.0 Å². The molecular weight excluding hydrogens is 503 g/mol. The van der Waals surface area contributed by atoms with Gasteiger partial charge in [-0.3, -0.25) is 10.2 Å². The molecule has 1 amide bonds. The van der Waals surface area contributed by atoms with E-state index >= 15 is 0 Å². The Morgan fingerprint density at radius 3 is 2.48 bits per heavy atom. The van der Waals surface area contributed by atoms with Gasteiger partial charge in [0.1, 0.15) is 10.6 Å². The van der Waals surface area contributed by atoms with Gasteiger partial charge >= 0.3 is 0 Å². The lowest BCUT2D eigenvalue weighted by Gasteiger charge is -2.38. The molecule has 176 valence electrons. The molecule has 3 rings (SSSR count). The number of carbonyl (C=O) groups excluding carboxylic acids is 1. The van der Waals surface area contributed by atoms with Crippen LogP contribution in [0.1, 0.15) is 25.3 Å². The number of methoxy groups -OCH3 is 1. The van der Waals surface area contributed by atoms with Gasteiger partial charge in [-0.05, 0) is 50.1 Å². The molecule has 0 aliphatic carbocycles. The van der Waals surface area contributed by atoms with E-state index in [2.05, 4.69) is 18.1 Å². The molecule has 1 saturated heterocycles. The molecule has 1 aliphatic rings. The fraction of sp³-hybridized carbons (Fsp3) is 0.304. The second kappa shape index (κ2) is 11.1. The minimum atomic E-state index is -0.625. The van der Waals surface area contributed by atoms with Crippen molar-refractivity contribution in [2.45, 2.75) is 24.7 Å². The summed E-state index contributed by atoms with van der Waals surface area (Å²) in [6, 6.07) is 12.1. The van der Waals surface area contributed by atoms with E-state index in [1.165, 1.54) is 0 Å². The summed E-state index contributed by atoms with van der Waals surface area (Å²) in [5, 5.41) is 3.21. The molecule has 10 heteroatoms. The highest BCUT2D eigenvalue weighted by molar-refractivity contribution is 7.81. The molecule has 0 unspecified atom stereocenters. The lowest BCUT2D eigenvalue weighted by Crippen LogP contribution is -2.54. The number of carbonyl (C=O) groups is 1. The van der Waals surface area contributed by atoms with E-state index in [4.69, 9.17) is 50.3 Å². The summed E-state index contributed by atoms with van der Waals surface area (Å²) in [6.07, 6.45) is 1.62. The third-order valence-electron chi connectivity index (χ3n) is 5.34. The van der Waals surface area contributed by atoms with Gasteiger partial charge in [0.25, 0.3) is 5.91 Å². The summed E-state index contributed by atoms with van der Waals surface area (Å²) in [7, 11) is 1.60. The number of halogens is 3. The van der Waals surface area contributed by atoms with Crippen molar-refractivity contribution in [3.8, 4) is 0 Å². The average molecular weight is 528 g/mol. The Hall–Kier alpha value is -1.74. The topological polar surface area (TPSA) is 80.0 Å². The lowest BCUT2D eigenvalue weighted by atomic mass is 10.0. The predicted octanol–water partition coefficient (Wildman–Crippen LogP) is 5.40. The van der Waals surface area contributed by atoms with Gasteiger partial charge in [0.15, 0.2) is 0 Å². The molecule has 0 aromatic heterocycles. The van der Waals surface area contributed by atoms with E-state index < -0.39 is 10.8 Å². The van der Waals surface area contributed by atoms with Gasteiger partial charge in [-0.1, -0.05) is 46.9 Å². The van der Waals surface area contributed by atoms with Gasteiger partial charge in [-0.2, -0.15) is 0 Å². The molecule has 2 aromatic carbocycles. The smallest absolute Gasteiger partial charge is 0.281 e. The SMILES string of the molecule is CO[C@]1(S)CCCN(NC(=O)C(N)=C(C)C(=Nc2ccc(Cl)cc2Cl)c2ccc(Cl)cc2)C1. The number of thiol groups is 1. The maximum atomic E-state index is 13.0. The highest BCUT2D eigenvalue weighted by Gasteiger charge is 2.33. The summed E-state index contributed by atoms with van der Waals surface area (Å²) in [5.74, 6) is -0.440. The molecule has 1 aliphatic heterocycles. The fourth-order valence-corrected chi connectivity index (χ4v) is 4.34. The van der Waals surface area contributed by atoms with Crippen molar-refractivity contribution in [2.24, 2.45) is 10.7 Å². The van der Waals surface area contributed by atoms with Crippen LogP contribution >= 0.6 is 47.4 Å². The van der Waals surface area contributed by atoms with Crippen molar-refractivity contribution < 1.29 is 9.53 Å². The van der Waals surface area contributed by atoms with Crippen molar-refractivity contribution in [3.63, 3.8) is 0 Å². The van der Waals surface area contributed by atoms with Gasteiger partial charge in [-0.15, -0.1) is 12.6 Å². The minimum Gasteiger partial charge on any atom is -0.394 e. The van der Waals surface area contributed by atoms with Gasteiger partial charge in [0, 0.05) is 34.8 Å². The first-order chi connectivity index (χ1) is 15.6. The number of nitrogens with one attached hydrogen (secondary N) is 1. The summed E-state index contributed by atoms with van der Waals surface area (Å²) < 4.78 is 5.47. The summed E-state index contributed by atoms with van der Waals surface area (Å²) >= 11 is 23.0. The van der Waals surface area contributed by atoms with Gasteiger partial charge in [-0.25, -0.2) is 10.0 Å². The average Bonchev–Trinajstić information content (AvgIpc) is 2.78. The first-order valence-electron chi connectivity index (χ1n) is 10.2. The van der Waals surface area contributed by atoms with Crippen LogP contribution in [-0.2, 0) is 9.53 Å². The van der Waals surface area contributed by atoms with E-state index in [9.17, 15) is 4.79 Å². The second-order valence-electron chi connectivity index (χ2n) is 7.72. The van der Waals surface area contributed by atoms with E-state index in [-0.39, 0.29) is 5.70 Å². The fourth-order valence-electron chi connectivity index (χ4n) is 3.43. The van der Waals surface area contributed by atoms with Crippen LogP contribution in [0.2, 0.25) is 15.1 Å². The van der Waals surface area contributed by atoms with Crippen LogP contribution in [0.15, 0.2) is 58.7 Å². The number of nitrogens with zero attached hydrogens (tertiary/aromatic N) is 2. The minimum absolute atomic E-state index is 0.0292. The highest BCUT2D eigenvalue weighted by atomic mass is 35.5. The number of hydrogen-bond donors (Lipinski definition) is 3. The molecule has 1 atom stereocenters. The first-order valence-corrected chi connectivity index (χ1v) is 11.8. The van der Waals surface area contributed by atoms with Gasteiger partial charge in [0.2, 0.25) is 0 Å². The summed E-state index contributed by atoms with van der Waals surface area (Å²) in [5.41, 5.74) is 11.4. The number of amides is 1. The lowest BCUT2D eigenvalue weighted by molar-refractivity contribution is -0.124. The largest absolute Gasteiger partial charge is 0.394 e. The Bertz CT molecular complexity index is 1090. The van der Waals surface area contributed by atoms with Crippen LogP contribution in [0, 0.1) is 0 Å². The van der Waals surface area contributed by atoms with Crippen LogP contribution in [-0.4, -0.2) is 41.8 Å². The number of hydrazine groups is 1. The van der Waals surface area contributed by atoms with Crippen molar-refractivity contribution in [1.29, 1.82) is 0 Å². The normalized spacial score (nSPS) is 20.4. The first kappa shape index (κ1) is 25.9. The van der Waals surface area contributed by atoms with Crippen LogP contribution in [0.25, 0.3) is 0 Å². The molecule has 0 bridgehead atoms. The zero-order valence-corrected chi connectivity index (χ0v) is 21.4. The Balaban J connectivity index is 1.95. The molecule has 33 heavy (non-hydrogen) atoms. The number of aliphatic imine (C=N–C) groups is 1. The van der Waals surface area contributed by atoms with Crippen molar-refractivity contribution in [2.75, 3.05) is 20.2 Å². The van der Waals surface area contributed by atoms with Crippen molar-refractivity contribution >= 4 is 64.7 Å². The van der Waals surface area contributed by atoms with Gasteiger partial charge < -0.3 is 10.5 Å². The second-order valence-corrected chi connectivity index (χ2v) is 9.81. The zero-order chi connectivity index (χ0) is 24.2. The standard InChI is InChI=1S/C23H25Cl3N4O2S/c1-14(20(27)22(31)29-30-11-3-10-23(33,13-30)32-2)21(15-4-6-16(24)7-5-15)28-19-9-8-17(25)12-18(19)26/h4-9,12,33H,3,10-11,13,27H2,1-2H3,(H,29,31)/t23-/m0/s1. The van der Waals surface area contributed by atoms with Crippen molar-refractivity contribution in [1.82, 2.24) is 10.4 Å². The summed E-state index contributed by atoms with van der Waals surface area (Å²) in [4.78, 5) is 17.1. The molecule has 1 fully saturated rings. The third-order valence-corrected chi connectivity index (χ3v) is 6.67. The molecule has 0 saturated carbocycles.